The lowest BCUT2D eigenvalue weighted by Gasteiger charge is -2.61. The Morgan fingerprint density at radius 3 is 1.93 bits per heavy atom. The smallest absolute Gasteiger partial charge is 0.161 e. The molecule has 4 saturated carbocycles. The highest BCUT2D eigenvalue weighted by Gasteiger charge is 2.62. The number of aromatic nitrogens is 2. The Morgan fingerprint density at radius 2 is 1.12 bits per heavy atom. The molecule has 3 aromatic heterocycles. The molecule has 0 aliphatic heterocycles. The van der Waals surface area contributed by atoms with Gasteiger partial charge in [0.15, 0.2) is 5.82 Å². The van der Waals surface area contributed by atoms with E-state index in [1.165, 1.54) is 101 Å². The van der Waals surface area contributed by atoms with Crippen molar-refractivity contribution < 1.29 is 0 Å². The van der Waals surface area contributed by atoms with Crippen LogP contribution in [0.1, 0.15) is 43.2 Å². The standard InChI is InChI=1S/C54H38N2S2/c1-2-10-32(11-3-1)50-52-51(41-15-7-9-17-46(41)58-52)56-53(55-50)49-38-13-5-4-12-35(38)29-44-48(49)40-20-18-34(33-19-21-47-42(27-33)39-14-6-8-16-45(39)57-47)28-43(40)54(44)36-23-30-22-31(25-36)26-37(54)24-30/h1-21,27-31,36-37H,22-26H2. The van der Waals surface area contributed by atoms with Gasteiger partial charge in [-0.2, -0.15) is 0 Å². The van der Waals surface area contributed by atoms with Crippen LogP contribution in [-0.4, -0.2) is 9.97 Å². The number of nitrogens with zero attached hydrogens (tertiary/aromatic N) is 2. The Kier molecular flexibility index (Phi) is 6.52. The zero-order chi connectivity index (χ0) is 37.7. The average molecular weight is 779 g/mol. The third kappa shape index (κ3) is 4.27. The van der Waals surface area contributed by atoms with Crippen molar-refractivity contribution in [2.45, 2.75) is 37.5 Å². The summed E-state index contributed by atoms with van der Waals surface area (Å²) in [5.74, 6) is 3.85. The first-order valence-corrected chi connectivity index (χ1v) is 22.7. The molecule has 0 saturated heterocycles. The zero-order valence-electron chi connectivity index (χ0n) is 31.9. The van der Waals surface area contributed by atoms with Crippen molar-refractivity contribution >= 4 is 73.9 Å². The Bertz CT molecular complexity index is 3340. The normalized spacial score (nSPS) is 22.9. The molecule has 3 heterocycles. The topological polar surface area (TPSA) is 25.8 Å². The van der Waals surface area contributed by atoms with E-state index in [-0.39, 0.29) is 5.41 Å². The van der Waals surface area contributed by atoms with Gasteiger partial charge in [-0.05, 0) is 136 Å². The van der Waals surface area contributed by atoms with Gasteiger partial charge in [-0.15, -0.1) is 22.7 Å². The second kappa shape index (κ2) is 11.7. The van der Waals surface area contributed by atoms with E-state index in [4.69, 9.17) is 9.97 Å². The largest absolute Gasteiger partial charge is 0.226 e. The van der Waals surface area contributed by atoms with Crippen LogP contribution in [0.25, 0.3) is 96.1 Å². The average Bonchev–Trinajstić information content (AvgIpc) is 3.92. The summed E-state index contributed by atoms with van der Waals surface area (Å²) in [4.78, 5) is 11.3. The summed E-state index contributed by atoms with van der Waals surface area (Å²) in [5, 5.41) is 6.47. The van der Waals surface area contributed by atoms with Gasteiger partial charge in [-0.3, -0.25) is 0 Å². The van der Waals surface area contributed by atoms with Gasteiger partial charge in [-0.1, -0.05) is 109 Å². The zero-order valence-corrected chi connectivity index (χ0v) is 33.5. The molecule has 58 heavy (non-hydrogen) atoms. The Balaban J connectivity index is 1.08. The highest BCUT2D eigenvalue weighted by atomic mass is 32.1. The molecule has 0 amide bonds. The Hall–Kier alpha value is -5.68. The monoisotopic (exact) mass is 778 g/mol. The van der Waals surface area contributed by atoms with Crippen LogP contribution in [0, 0.1) is 23.7 Å². The van der Waals surface area contributed by atoms with Crippen LogP contribution in [0.5, 0.6) is 0 Å². The maximum Gasteiger partial charge on any atom is 0.161 e. The van der Waals surface area contributed by atoms with E-state index in [9.17, 15) is 0 Å². The Labute approximate surface area is 344 Å². The first-order chi connectivity index (χ1) is 28.7. The van der Waals surface area contributed by atoms with Gasteiger partial charge in [0.2, 0.25) is 0 Å². The maximum absolute atomic E-state index is 5.68. The van der Waals surface area contributed by atoms with E-state index in [2.05, 4.69) is 146 Å². The molecule has 2 nitrogen and oxygen atoms in total. The second-order valence-corrected chi connectivity index (χ2v) is 19.8. The molecule has 7 aromatic carbocycles. The van der Waals surface area contributed by atoms with E-state index in [0.29, 0.717) is 11.8 Å². The van der Waals surface area contributed by atoms with Crippen LogP contribution in [0.15, 0.2) is 146 Å². The molecular formula is C54H38N2S2. The minimum atomic E-state index is -0.0203. The third-order valence-corrected chi connectivity index (χ3v) is 17.2. The summed E-state index contributed by atoms with van der Waals surface area (Å²) in [5.41, 5.74) is 12.9. The summed E-state index contributed by atoms with van der Waals surface area (Å²) < 4.78 is 5.13. The summed E-state index contributed by atoms with van der Waals surface area (Å²) >= 11 is 3.72. The molecule has 4 heteroatoms. The lowest BCUT2D eigenvalue weighted by atomic mass is 9.43. The van der Waals surface area contributed by atoms with Crippen LogP contribution in [0.4, 0.5) is 0 Å². The van der Waals surface area contributed by atoms with Gasteiger partial charge >= 0.3 is 0 Å². The molecule has 4 fully saturated rings. The number of thiophene rings is 2. The fourth-order valence-corrected chi connectivity index (χ4v) is 15.1. The van der Waals surface area contributed by atoms with Gasteiger partial charge in [0.05, 0.1) is 15.9 Å². The lowest BCUT2D eigenvalue weighted by Crippen LogP contribution is -2.55. The molecule has 0 radical (unpaired) electrons. The van der Waals surface area contributed by atoms with E-state index in [1.54, 1.807) is 11.1 Å². The van der Waals surface area contributed by atoms with E-state index in [0.717, 1.165) is 39.1 Å². The van der Waals surface area contributed by atoms with Crippen LogP contribution < -0.4 is 0 Å². The Morgan fingerprint density at radius 1 is 0.466 bits per heavy atom. The predicted molar refractivity (Wildman–Crippen MR) is 245 cm³/mol. The molecule has 15 rings (SSSR count). The fraction of sp³-hybridized carbons (Fsp3) is 0.185. The van der Waals surface area contributed by atoms with E-state index >= 15 is 0 Å². The summed E-state index contributed by atoms with van der Waals surface area (Å²) in [6, 6.07) is 54.9. The molecule has 0 atom stereocenters. The number of rotatable bonds is 3. The van der Waals surface area contributed by atoms with Gasteiger partial charge in [0.1, 0.15) is 0 Å². The number of hydrogen-bond acceptors (Lipinski definition) is 4. The molecule has 10 aromatic rings. The highest BCUT2D eigenvalue weighted by molar-refractivity contribution is 7.26. The van der Waals surface area contributed by atoms with Crippen LogP contribution in [-0.2, 0) is 5.41 Å². The van der Waals surface area contributed by atoms with Crippen LogP contribution in [0.2, 0.25) is 0 Å². The van der Waals surface area contributed by atoms with Crippen molar-refractivity contribution in [1.82, 2.24) is 9.97 Å². The van der Waals surface area contributed by atoms with Crippen LogP contribution in [0.3, 0.4) is 0 Å². The quantitative estimate of drug-likeness (QED) is 0.179. The van der Waals surface area contributed by atoms with Gasteiger partial charge in [0.25, 0.3) is 0 Å². The maximum atomic E-state index is 5.68. The first-order valence-electron chi connectivity index (χ1n) is 21.1. The van der Waals surface area contributed by atoms with Crippen molar-refractivity contribution in [2.75, 3.05) is 0 Å². The number of hydrogen-bond donors (Lipinski definition) is 0. The lowest BCUT2D eigenvalue weighted by molar-refractivity contribution is -0.0398. The highest BCUT2D eigenvalue weighted by Crippen LogP contribution is 2.70. The minimum Gasteiger partial charge on any atom is -0.226 e. The van der Waals surface area contributed by atoms with Crippen molar-refractivity contribution in [2.24, 2.45) is 23.7 Å². The fourth-order valence-electron chi connectivity index (χ4n) is 12.8. The minimum absolute atomic E-state index is 0.0203. The predicted octanol–water partition coefficient (Wildman–Crippen LogP) is 15.1. The second-order valence-electron chi connectivity index (χ2n) is 17.7. The molecule has 5 aliphatic rings. The van der Waals surface area contributed by atoms with Crippen molar-refractivity contribution in [3.63, 3.8) is 0 Å². The molecule has 4 bridgehead atoms. The van der Waals surface area contributed by atoms with E-state index < -0.39 is 0 Å². The van der Waals surface area contributed by atoms with Crippen molar-refractivity contribution in [3.8, 4) is 44.9 Å². The van der Waals surface area contributed by atoms with Crippen molar-refractivity contribution in [1.29, 1.82) is 0 Å². The summed E-state index contributed by atoms with van der Waals surface area (Å²) in [6.07, 6.45) is 6.80. The van der Waals surface area contributed by atoms with Crippen LogP contribution >= 0.6 is 22.7 Å². The molecule has 0 unspecified atom stereocenters. The molecular weight excluding hydrogens is 741 g/mol. The molecule has 276 valence electrons. The first kappa shape index (κ1) is 32.3. The molecule has 1 spiro atoms. The van der Waals surface area contributed by atoms with Crippen molar-refractivity contribution in [3.05, 3.63) is 157 Å². The molecule has 0 N–H and O–H groups in total. The third-order valence-electron chi connectivity index (χ3n) is 14.9. The molecule has 5 aliphatic carbocycles. The number of fused-ring (bicyclic) bond motifs is 10. The SMILES string of the molecule is c1ccc(-c2nc(-c3c4c(cc5ccccc35)C3(c5cc(-c6ccc7sc8ccccc8c7c6)ccc5-4)C4CC5CC(C4)CC3C5)nc3c2sc2ccccc23)cc1. The van der Waals surface area contributed by atoms with Gasteiger partial charge in [-0.25, -0.2) is 9.97 Å². The summed E-state index contributed by atoms with van der Waals surface area (Å²) in [7, 11) is 0. The summed E-state index contributed by atoms with van der Waals surface area (Å²) in [6.45, 7) is 0. The van der Waals surface area contributed by atoms with Gasteiger partial charge < -0.3 is 0 Å². The number of benzene rings is 7. The van der Waals surface area contributed by atoms with E-state index in [1.807, 2.05) is 22.7 Å². The van der Waals surface area contributed by atoms with Gasteiger partial charge in [0, 0.05) is 46.8 Å².